The number of rotatable bonds is 4. The van der Waals surface area contributed by atoms with Gasteiger partial charge in [0.15, 0.2) is 0 Å². The molecule has 0 aromatic heterocycles. The average molecular weight is 223 g/mol. The maximum absolute atomic E-state index is 12.6. The fourth-order valence-electron chi connectivity index (χ4n) is 1.63. The first-order valence-electron chi connectivity index (χ1n) is 5.28. The van der Waals surface area contributed by atoms with Gasteiger partial charge in [-0.1, -0.05) is 0 Å². The van der Waals surface area contributed by atoms with Crippen LogP contribution in [0.2, 0.25) is 0 Å². The van der Waals surface area contributed by atoms with Gasteiger partial charge in [0.25, 0.3) is 0 Å². The Kier molecular flexibility index (Phi) is 3.24. The second-order valence-electron chi connectivity index (χ2n) is 3.65. The molecule has 1 heterocycles. The molecule has 2 rings (SSSR count). The first-order valence-corrected chi connectivity index (χ1v) is 5.28. The van der Waals surface area contributed by atoms with Crippen molar-refractivity contribution in [1.29, 1.82) is 0 Å². The Morgan fingerprint density at radius 2 is 2.12 bits per heavy atom. The highest BCUT2D eigenvalue weighted by atomic mass is 19.1. The summed E-state index contributed by atoms with van der Waals surface area (Å²) in [5.41, 5.74) is 0.862. The molecule has 16 heavy (non-hydrogen) atoms. The lowest BCUT2D eigenvalue weighted by atomic mass is 10.3. The summed E-state index contributed by atoms with van der Waals surface area (Å²) in [7, 11) is 0. The zero-order chi connectivity index (χ0) is 11.4. The standard InChI is InChI=1S/C11H14FN3O/c12-9-1-3-10(4-2-9)13-5-7-15-8-6-14-11(15)16/h1-4,13H,5-8H2,(H,14,16). The molecular weight excluding hydrogens is 209 g/mol. The van der Waals surface area contributed by atoms with Crippen molar-refractivity contribution in [3.63, 3.8) is 0 Å². The molecule has 1 aromatic rings. The maximum Gasteiger partial charge on any atom is 0.317 e. The Hall–Kier alpha value is -1.78. The monoisotopic (exact) mass is 223 g/mol. The highest BCUT2D eigenvalue weighted by Crippen LogP contribution is 2.07. The molecule has 5 heteroatoms. The van der Waals surface area contributed by atoms with E-state index in [9.17, 15) is 9.18 Å². The Bertz CT molecular complexity index is 366. The molecule has 0 aliphatic carbocycles. The summed E-state index contributed by atoms with van der Waals surface area (Å²) < 4.78 is 12.6. The van der Waals surface area contributed by atoms with Crippen molar-refractivity contribution in [3.8, 4) is 0 Å². The van der Waals surface area contributed by atoms with Crippen molar-refractivity contribution >= 4 is 11.7 Å². The molecule has 0 atom stereocenters. The van der Waals surface area contributed by atoms with Crippen molar-refractivity contribution in [2.45, 2.75) is 0 Å². The van der Waals surface area contributed by atoms with Gasteiger partial charge in [-0.25, -0.2) is 9.18 Å². The summed E-state index contributed by atoms with van der Waals surface area (Å²) in [6, 6.07) is 6.16. The van der Waals surface area contributed by atoms with E-state index in [1.807, 2.05) is 0 Å². The maximum atomic E-state index is 12.6. The van der Waals surface area contributed by atoms with Crippen LogP contribution in [0.5, 0.6) is 0 Å². The summed E-state index contributed by atoms with van der Waals surface area (Å²) in [6.45, 7) is 2.79. The number of anilines is 1. The summed E-state index contributed by atoms with van der Waals surface area (Å²) in [5.74, 6) is -0.246. The van der Waals surface area contributed by atoms with Gasteiger partial charge in [-0.05, 0) is 24.3 Å². The molecule has 2 N–H and O–H groups in total. The van der Waals surface area contributed by atoms with Gasteiger partial charge < -0.3 is 15.5 Å². The van der Waals surface area contributed by atoms with Gasteiger partial charge in [0.05, 0.1) is 0 Å². The Balaban J connectivity index is 1.75. The first-order chi connectivity index (χ1) is 7.75. The van der Waals surface area contributed by atoms with Crippen LogP contribution in [0.4, 0.5) is 14.9 Å². The lowest BCUT2D eigenvalue weighted by Crippen LogP contribution is -2.32. The quantitative estimate of drug-likeness (QED) is 0.807. The van der Waals surface area contributed by atoms with E-state index in [-0.39, 0.29) is 11.8 Å². The number of nitrogens with zero attached hydrogens (tertiary/aromatic N) is 1. The number of benzene rings is 1. The van der Waals surface area contributed by atoms with Crippen LogP contribution in [0.1, 0.15) is 0 Å². The second kappa shape index (κ2) is 4.83. The van der Waals surface area contributed by atoms with Crippen molar-refractivity contribution in [2.75, 3.05) is 31.5 Å². The molecule has 1 saturated heterocycles. The molecule has 1 fully saturated rings. The molecule has 1 aliphatic rings. The molecule has 4 nitrogen and oxygen atoms in total. The number of urea groups is 1. The van der Waals surface area contributed by atoms with E-state index < -0.39 is 0 Å². The lowest BCUT2D eigenvalue weighted by molar-refractivity contribution is 0.219. The minimum absolute atomic E-state index is 0.0130. The van der Waals surface area contributed by atoms with Gasteiger partial charge in [-0.3, -0.25) is 0 Å². The van der Waals surface area contributed by atoms with Gasteiger partial charge in [0, 0.05) is 31.9 Å². The summed E-state index contributed by atoms with van der Waals surface area (Å²) in [4.78, 5) is 12.9. The average Bonchev–Trinajstić information content (AvgIpc) is 2.68. The molecule has 0 saturated carbocycles. The Morgan fingerprint density at radius 3 is 2.75 bits per heavy atom. The van der Waals surface area contributed by atoms with Gasteiger partial charge in [0.2, 0.25) is 0 Å². The zero-order valence-electron chi connectivity index (χ0n) is 8.87. The lowest BCUT2D eigenvalue weighted by Gasteiger charge is -2.14. The molecular formula is C11H14FN3O. The van der Waals surface area contributed by atoms with Crippen LogP contribution in [0.3, 0.4) is 0 Å². The van der Waals surface area contributed by atoms with Crippen molar-refractivity contribution in [1.82, 2.24) is 10.2 Å². The number of nitrogens with one attached hydrogen (secondary N) is 2. The molecule has 86 valence electrons. The molecule has 2 amide bonds. The van der Waals surface area contributed by atoms with Crippen LogP contribution in [0.25, 0.3) is 0 Å². The second-order valence-corrected chi connectivity index (χ2v) is 3.65. The predicted octanol–water partition coefficient (Wildman–Crippen LogP) is 1.26. The Labute approximate surface area is 93.4 Å². The van der Waals surface area contributed by atoms with E-state index >= 15 is 0 Å². The van der Waals surface area contributed by atoms with E-state index in [2.05, 4.69) is 10.6 Å². The number of carbonyl (C=O) groups is 1. The summed E-state index contributed by atoms with van der Waals surface area (Å²) in [6.07, 6.45) is 0. The Morgan fingerprint density at radius 1 is 1.38 bits per heavy atom. The van der Waals surface area contributed by atoms with Gasteiger partial charge in [0.1, 0.15) is 5.82 Å². The highest BCUT2D eigenvalue weighted by Gasteiger charge is 2.17. The normalized spacial score (nSPS) is 15.1. The van der Waals surface area contributed by atoms with Crippen molar-refractivity contribution in [3.05, 3.63) is 30.1 Å². The fraction of sp³-hybridized carbons (Fsp3) is 0.364. The summed E-state index contributed by atoms with van der Waals surface area (Å²) >= 11 is 0. The van der Waals surface area contributed by atoms with E-state index in [0.717, 1.165) is 18.8 Å². The molecule has 1 aromatic carbocycles. The summed E-state index contributed by atoms with van der Waals surface area (Å²) in [5, 5.41) is 5.87. The van der Waals surface area contributed by atoms with Gasteiger partial charge in [-0.15, -0.1) is 0 Å². The van der Waals surface area contributed by atoms with Crippen LogP contribution in [-0.4, -0.2) is 37.1 Å². The molecule has 0 bridgehead atoms. The zero-order valence-corrected chi connectivity index (χ0v) is 8.87. The van der Waals surface area contributed by atoms with Crippen molar-refractivity contribution in [2.24, 2.45) is 0 Å². The number of amides is 2. The fourth-order valence-corrected chi connectivity index (χ4v) is 1.63. The number of hydrogen-bond acceptors (Lipinski definition) is 2. The highest BCUT2D eigenvalue weighted by molar-refractivity contribution is 5.76. The molecule has 0 spiro atoms. The number of halogens is 1. The number of carbonyl (C=O) groups excluding carboxylic acids is 1. The minimum Gasteiger partial charge on any atom is -0.383 e. The third-order valence-corrected chi connectivity index (χ3v) is 2.50. The van der Waals surface area contributed by atoms with E-state index in [1.165, 1.54) is 12.1 Å². The largest absolute Gasteiger partial charge is 0.383 e. The smallest absolute Gasteiger partial charge is 0.317 e. The van der Waals surface area contributed by atoms with E-state index in [4.69, 9.17) is 0 Å². The predicted molar refractivity (Wildman–Crippen MR) is 59.9 cm³/mol. The SMILES string of the molecule is O=C1NCCN1CCNc1ccc(F)cc1. The van der Waals surface area contributed by atoms with E-state index in [0.29, 0.717) is 13.1 Å². The minimum atomic E-state index is -0.246. The molecule has 0 radical (unpaired) electrons. The number of hydrogen-bond donors (Lipinski definition) is 2. The third kappa shape index (κ3) is 2.62. The molecule has 0 unspecified atom stereocenters. The van der Waals surface area contributed by atoms with E-state index in [1.54, 1.807) is 17.0 Å². The van der Waals surface area contributed by atoms with Crippen LogP contribution >= 0.6 is 0 Å². The third-order valence-electron chi connectivity index (χ3n) is 2.50. The van der Waals surface area contributed by atoms with Crippen molar-refractivity contribution < 1.29 is 9.18 Å². The van der Waals surface area contributed by atoms with Crippen LogP contribution in [0, 0.1) is 5.82 Å². The van der Waals surface area contributed by atoms with Gasteiger partial charge in [-0.2, -0.15) is 0 Å². The topological polar surface area (TPSA) is 44.4 Å². The first kappa shape index (κ1) is 10.7. The van der Waals surface area contributed by atoms with Crippen LogP contribution in [-0.2, 0) is 0 Å². The molecule has 1 aliphatic heterocycles. The van der Waals surface area contributed by atoms with Crippen LogP contribution in [0.15, 0.2) is 24.3 Å². The van der Waals surface area contributed by atoms with Gasteiger partial charge >= 0.3 is 6.03 Å². The van der Waals surface area contributed by atoms with Crippen LogP contribution < -0.4 is 10.6 Å².